The van der Waals surface area contributed by atoms with Gasteiger partial charge in [-0.2, -0.15) is 5.26 Å². The van der Waals surface area contributed by atoms with Crippen LogP contribution in [0.4, 0.5) is 0 Å². The highest BCUT2D eigenvalue weighted by molar-refractivity contribution is 7.50. The van der Waals surface area contributed by atoms with Gasteiger partial charge in [-0.15, -0.1) is 6.58 Å². The summed E-state index contributed by atoms with van der Waals surface area (Å²) in [5, 5.41) is 7.90. The molecule has 0 bridgehead atoms. The summed E-state index contributed by atoms with van der Waals surface area (Å²) in [5.74, 6) is 1.64. The molecule has 0 radical (unpaired) electrons. The van der Waals surface area contributed by atoms with Crippen LogP contribution < -0.4 is 0 Å². The molecule has 38 valence electrons. The molecule has 0 aromatic carbocycles. The van der Waals surface area contributed by atoms with E-state index in [-0.39, 0.29) is 0 Å². The molecule has 0 saturated heterocycles. The van der Waals surface area contributed by atoms with E-state index in [9.17, 15) is 4.57 Å². The SMILES string of the molecule is C=CC[PH](=O)C#N. The van der Waals surface area contributed by atoms with Crippen molar-refractivity contribution in [2.75, 3.05) is 6.16 Å². The van der Waals surface area contributed by atoms with Crippen molar-refractivity contribution in [2.24, 2.45) is 0 Å². The maximum atomic E-state index is 10.2. The van der Waals surface area contributed by atoms with Crippen molar-refractivity contribution in [1.82, 2.24) is 0 Å². The van der Waals surface area contributed by atoms with Crippen molar-refractivity contribution in [1.29, 1.82) is 5.26 Å². The normalized spacial score (nSPS) is 11.9. The van der Waals surface area contributed by atoms with Gasteiger partial charge < -0.3 is 4.57 Å². The molecule has 0 fully saturated rings. The molecule has 0 N–H and O–H groups in total. The maximum absolute atomic E-state index is 10.2. The van der Waals surface area contributed by atoms with Gasteiger partial charge in [0.15, 0.2) is 7.80 Å². The van der Waals surface area contributed by atoms with Gasteiger partial charge >= 0.3 is 0 Å². The Morgan fingerprint density at radius 1 is 2.00 bits per heavy atom. The Labute approximate surface area is 43.2 Å². The molecule has 7 heavy (non-hydrogen) atoms. The van der Waals surface area contributed by atoms with Crippen LogP contribution in [-0.2, 0) is 4.57 Å². The molecule has 0 aliphatic heterocycles. The van der Waals surface area contributed by atoms with E-state index in [1.54, 1.807) is 5.81 Å². The third kappa shape index (κ3) is 3.29. The van der Waals surface area contributed by atoms with Crippen LogP contribution >= 0.6 is 7.80 Å². The summed E-state index contributed by atoms with van der Waals surface area (Å²) < 4.78 is 10.2. The lowest BCUT2D eigenvalue weighted by atomic mass is 10.8. The van der Waals surface area contributed by atoms with E-state index in [0.29, 0.717) is 6.16 Å². The number of hydrogen-bond acceptors (Lipinski definition) is 2. The van der Waals surface area contributed by atoms with E-state index in [4.69, 9.17) is 5.26 Å². The van der Waals surface area contributed by atoms with Crippen LogP contribution in [0.1, 0.15) is 0 Å². The molecule has 0 aromatic rings. The highest BCUT2D eigenvalue weighted by Crippen LogP contribution is 2.15. The van der Waals surface area contributed by atoms with Gasteiger partial charge in [-0.25, -0.2) is 0 Å². The molecule has 0 spiro atoms. The summed E-state index contributed by atoms with van der Waals surface area (Å²) in [6.45, 7) is 3.32. The second-order valence-electron chi connectivity index (χ2n) is 1.03. The fourth-order valence-electron chi connectivity index (χ4n) is 0.177. The van der Waals surface area contributed by atoms with Gasteiger partial charge in [-0.1, -0.05) is 6.08 Å². The molecule has 0 aliphatic carbocycles. The van der Waals surface area contributed by atoms with E-state index >= 15 is 0 Å². The van der Waals surface area contributed by atoms with Gasteiger partial charge in [-0.05, 0) is 0 Å². The predicted molar refractivity (Wildman–Crippen MR) is 29.7 cm³/mol. The number of rotatable bonds is 2. The zero-order valence-electron chi connectivity index (χ0n) is 3.85. The quantitative estimate of drug-likeness (QED) is 0.401. The first-order chi connectivity index (χ1) is 3.31. The van der Waals surface area contributed by atoms with Gasteiger partial charge in [0.25, 0.3) is 0 Å². The van der Waals surface area contributed by atoms with Gasteiger partial charge in [0.1, 0.15) is 5.81 Å². The van der Waals surface area contributed by atoms with Crippen LogP contribution in [0.5, 0.6) is 0 Å². The van der Waals surface area contributed by atoms with Crippen LogP contribution in [0.2, 0.25) is 0 Å². The lowest BCUT2D eigenvalue weighted by Crippen LogP contribution is -1.60. The molecule has 3 heteroatoms. The number of nitrogens with zero attached hydrogens (tertiary/aromatic N) is 1. The molecule has 0 rings (SSSR count). The minimum Gasteiger partial charge on any atom is -0.311 e. The van der Waals surface area contributed by atoms with Crippen LogP contribution in [0.15, 0.2) is 12.7 Å². The number of nitriles is 1. The highest BCUT2D eigenvalue weighted by atomic mass is 31.1. The van der Waals surface area contributed by atoms with E-state index < -0.39 is 7.80 Å². The standard InChI is InChI=1S/C4H6NOP/c1-2-3-7(6)4-5/h2,7H,1,3H2. The van der Waals surface area contributed by atoms with Gasteiger partial charge in [0.05, 0.1) is 0 Å². The predicted octanol–water partition coefficient (Wildman–Crippen LogP) is 1.21. The Morgan fingerprint density at radius 2 is 2.57 bits per heavy atom. The van der Waals surface area contributed by atoms with Crippen LogP contribution in [-0.4, -0.2) is 6.16 Å². The third-order valence-corrected chi connectivity index (χ3v) is 1.36. The molecular weight excluding hydrogens is 109 g/mol. The fourth-order valence-corrected chi connectivity index (χ4v) is 0.530. The third-order valence-electron chi connectivity index (χ3n) is 0.454. The number of allylic oxidation sites excluding steroid dienone is 1. The topological polar surface area (TPSA) is 40.9 Å². The summed E-state index contributed by atoms with van der Waals surface area (Å²) in [7, 11) is -1.94. The summed E-state index contributed by atoms with van der Waals surface area (Å²) in [4.78, 5) is 0. The number of hydrogen-bond donors (Lipinski definition) is 0. The van der Waals surface area contributed by atoms with Crippen molar-refractivity contribution in [3.63, 3.8) is 0 Å². The molecule has 2 nitrogen and oxygen atoms in total. The smallest absolute Gasteiger partial charge is 0.174 e. The maximum Gasteiger partial charge on any atom is 0.174 e. The summed E-state index contributed by atoms with van der Waals surface area (Å²) >= 11 is 0. The zero-order valence-corrected chi connectivity index (χ0v) is 4.85. The Hall–Kier alpha value is -0.540. The average Bonchev–Trinajstić information content (AvgIpc) is 1.68. The van der Waals surface area contributed by atoms with Crippen LogP contribution in [0.25, 0.3) is 0 Å². The van der Waals surface area contributed by atoms with Gasteiger partial charge in [0.2, 0.25) is 0 Å². The molecule has 0 aromatic heterocycles. The Morgan fingerprint density at radius 3 is 2.71 bits per heavy atom. The average molecular weight is 115 g/mol. The van der Waals surface area contributed by atoms with E-state index in [1.807, 2.05) is 0 Å². The van der Waals surface area contributed by atoms with Gasteiger partial charge in [0, 0.05) is 6.16 Å². The highest BCUT2D eigenvalue weighted by Gasteiger charge is 1.86. The van der Waals surface area contributed by atoms with Crippen LogP contribution in [0.3, 0.4) is 0 Å². The van der Waals surface area contributed by atoms with Crippen molar-refractivity contribution in [3.05, 3.63) is 12.7 Å². The molecular formula is C4H6NOP. The molecule has 0 heterocycles. The van der Waals surface area contributed by atoms with Crippen molar-refractivity contribution >= 4 is 7.80 Å². The summed E-state index contributed by atoms with van der Waals surface area (Å²) in [5.41, 5.74) is 0. The first kappa shape index (κ1) is 6.46. The molecule has 0 amide bonds. The van der Waals surface area contributed by atoms with E-state index in [1.165, 1.54) is 6.08 Å². The minimum absolute atomic E-state index is 0.348. The summed E-state index contributed by atoms with van der Waals surface area (Å²) in [6.07, 6.45) is 1.84. The molecule has 0 saturated carbocycles. The second-order valence-corrected chi connectivity index (χ2v) is 2.51. The minimum atomic E-state index is -1.94. The monoisotopic (exact) mass is 115 g/mol. The van der Waals surface area contributed by atoms with Gasteiger partial charge in [-0.3, -0.25) is 0 Å². The fraction of sp³-hybridized carbons (Fsp3) is 0.250. The van der Waals surface area contributed by atoms with Crippen molar-refractivity contribution in [2.45, 2.75) is 0 Å². The first-order valence-electron chi connectivity index (χ1n) is 1.85. The Balaban J connectivity index is 3.43. The first-order valence-corrected chi connectivity index (χ1v) is 3.46. The Kier molecular flexibility index (Phi) is 3.36. The largest absolute Gasteiger partial charge is 0.311 e. The van der Waals surface area contributed by atoms with Crippen LogP contribution in [0, 0.1) is 11.1 Å². The zero-order chi connectivity index (χ0) is 5.70. The van der Waals surface area contributed by atoms with E-state index in [2.05, 4.69) is 6.58 Å². The molecule has 1 unspecified atom stereocenters. The Bertz CT molecular complexity index is 124. The molecule has 0 aliphatic rings. The molecule has 1 atom stereocenters. The second kappa shape index (κ2) is 3.64. The van der Waals surface area contributed by atoms with Crippen molar-refractivity contribution in [3.8, 4) is 5.81 Å². The lowest BCUT2D eigenvalue weighted by Gasteiger charge is -1.74. The van der Waals surface area contributed by atoms with Crippen molar-refractivity contribution < 1.29 is 4.57 Å². The summed E-state index contributed by atoms with van der Waals surface area (Å²) in [6, 6.07) is 0. The lowest BCUT2D eigenvalue weighted by molar-refractivity contribution is 0.595. The van der Waals surface area contributed by atoms with E-state index in [0.717, 1.165) is 0 Å².